The van der Waals surface area contributed by atoms with E-state index in [0.717, 1.165) is 6.07 Å². The Morgan fingerprint density at radius 2 is 1.95 bits per heavy atom. The molecular weight excluding hydrogens is 252 g/mol. The molecule has 0 bridgehead atoms. The van der Waals surface area contributed by atoms with E-state index in [2.05, 4.69) is 0 Å². The Morgan fingerprint density at radius 1 is 1.16 bits per heavy atom. The predicted octanol–water partition coefficient (Wildman–Crippen LogP) is 2.90. The van der Waals surface area contributed by atoms with Crippen molar-refractivity contribution in [2.75, 3.05) is 5.73 Å². The van der Waals surface area contributed by atoms with Crippen LogP contribution in [0.2, 0.25) is 0 Å². The molecular formula is C14H11F2NO2. The van der Waals surface area contributed by atoms with Crippen molar-refractivity contribution in [2.24, 2.45) is 0 Å². The van der Waals surface area contributed by atoms with Crippen LogP contribution in [0.25, 0.3) is 0 Å². The van der Waals surface area contributed by atoms with Crippen molar-refractivity contribution in [1.82, 2.24) is 0 Å². The van der Waals surface area contributed by atoms with Crippen LogP contribution >= 0.6 is 0 Å². The second kappa shape index (κ2) is 5.48. The summed E-state index contributed by atoms with van der Waals surface area (Å²) in [5.41, 5.74) is 5.84. The highest BCUT2D eigenvalue weighted by Crippen LogP contribution is 2.14. The molecule has 0 aromatic heterocycles. The summed E-state index contributed by atoms with van der Waals surface area (Å²) in [5, 5.41) is 0. The van der Waals surface area contributed by atoms with Crippen molar-refractivity contribution < 1.29 is 18.3 Å². The van der Waals surface area contributed by atoms with E-state index in [1.165, 1.54) is 30.3 Å². The number of rotatable bonds is 3. The molecule has 98 valence electrons. The molecule has 0 aliphatic heterocycles. The highest BCUT2D eigenvalue weighted by atomic mass is 19.1. The second-order valence-corrected chi connectivity index (χ2v) is 3.94. The summed E-state index contributed by atoms with van der Waals surface area (Å²) in [6.07, 6.45) is 0. The number of hydrogen-bond donors (Lipinski definition) is 1. The summed E-state index contributed by atoms with van der Waals surface area (Å²) < 4.78 is 31.0. The van der Waals surface area contributed by atoms with Gasteiger partial charge in [-0.05, 0) is 35.9 Å². The largest absolute Gasteiger partial charge is 0.457 e. The molecule has 2 N–H and O–H groups in total. The molecule has 0 heterocycles. The third-order valence-electron chi connectivity index (χ3n) is 2.50. The van der Waals surface area contributed by atoms with Crippen LogP contribution in [0.3, 0.4) is 0 Å². The van der Waals surface area contributed by atoms with Crippen molar-refractivity contribution >= 4 is 11.7 Å². The Hall–Kier alpha value is -2.43. The second-order valence-electron chi connectivity index (χ2n) is 3.94. The maximum atomic E-state index is 13.2. The van der Waals surface area contributed by atoms with Gasteiger partial charge in [0.25, 0.3) is 0 Å². The minimum Gasteiger partial charge on any atom is -0.457 e. The Labute approximate surface area is 108 Å². The van der Waals surface area contributed by atoms with Gasteiger partial charge < -0.3 is 10.5 Å². The summed E-state index contributed by atoms with van der Waals surface area (Å²) in [5.74, 6) is -1.78. The number of anilines is 1. The maximum absolute atomic E-state index is 13.2. The zero-order valence-corrected chi connectivity index (χ0v) is 9.90. The van der Waals surface area contributed by atoms with Gasteiger partial charge in [0.2, 0.25) is 0 Å². The first-order chi connectivity index (χ1) is 9.06. The quantitative estimate of drug-likeness (QED) is 0.684. The molecule has 0 saturated heterocycles. The highest BCUT2D eigenvalue weighted by molar-refractivity contribution is 5.89. The van der Waals surface area contributed by atoms with Gasteiger partial charge in [-0.3, -0.25) is 0 Å². The van der Waals surface area contributed by atoms with Gasteiger partial charge in [-0.1, -0.05) is 12.1 Å². The van der Waals surface area contributed by atoms with E-state index in [1.807, 2.05) is 0 Å². The van der Waals surface area contributed by atoms with Crippen LogP contribution in [0.15, 0.2) is 42.5 Å². The fourth-order valence-corrected chi connectivity index (χ4v) is 1.51. The number of nitrogen functional groups attached to an aromatic ring is 1. The van der Waals surface area contributed by atoms with Crippen LogP contribution in [-0.2, 0) is 11.3 Å². The van der Waals surface area contributed by atoms with Gasteiger partial charge in [0.15, 0.2) is 0 Å². The normalized spacial score (nSPS) is 10.2. The lowest BCUT2D eigenvalue weighted by atomic mass is 10.2. The first kappa shape index (κ1) is 13.0. The van der Waals surface area contributed by atoms with Crippen LogP contribution in [0.5, 0.6) is 0 Å². The standard InChI is InChI=1S/C14H11F2NO2/c15-11-3-1-2-9(6-11)8-19-14(18)10-4-5-13(17)12(16)7-10/h1-7H,8,17H2. The molecule has 0 saturated carbocycles. The first-order valence-corrected chi connectivity index (χ1v) is 5.53. The van der Waals surface area contributed by atoms with Gasteiger partial charge in [0.1, 0.15) is 18.2 Å². The number of benzene rings is 2. The van der Waals surface area contributed by atoms with Gasteiger partial charge in [-0.15, -0.1) is 0 Å². The van der Waals surface area contributed by atoms with E-state index in [1.54, 1.807) is 6.07 Å². The zero-order chi connectivity index (χ0) is 13.8. The zero-order valence-electron chi connectivity index (χ0n) is 9.90. The van der Waals surface area contributed by atoms with Crippen molar-refractivity contribution in [3.8, 4) is 0 Å². The van der Waals surface area contributed by atoms with Gasteiger partial charge in [0.05, 0.1) is 11.3 Å². The van der Waals surface area contributed by atoms with Crippen LogP contribution in [0.4, 0.5) is 14.5 Å². The molecule has 2 aromatic carbocycles. The minimum absolute atomic E-state index is 0.0401. The van der Waals surface area contributed by atoms with Crippen LogP contribution in [-0.4, -0.2) is 5.97 Å². The number of carbonyl (C=O) groups is 1. The lowest BCUT2D eigenvalue weighted by molar-refractivity contribution is 0.0472. The number of nitrogens with two attached hydrogens (primary N) is 1. The van der Waals surface area contributed by atoms with Gasteiger partial charge in [-0.25, -0.2) is 13.6 Å². The van der Waals surface area contributed by atoms with Crippen LogP contribution in [0.1, 0.15) is 15.9 Å². The molecule has 2 rings (SSSR count). The van der Waals surface area contributed by atoms with E-state index in [-0.39, 0.29) is 17.9 Å². The fourth-order valence-electron chi connectivity index (χ4n) is 1.51. The van der Waals surface area contributed by atoms with E-state index in [4.69, 9.17) is 10.5 Å². The van der Waals surface area contributed by atoms with Crippen molar-refractivity contribution in [3.05, 3.63) is 65.2 Å². The SMILES string of the molecule is Nc1ccc(C(=O)OCc2cccc(F)c2)cc1F. The Morgan fingerprint density at radius 3 is 2.63 bits per heavy atom. The maximum Gasteiger partial charge on any atom is 0.338 e. The summed E-state index contributed by atoms with van der Waals surface area (Å²) in [6, 6.07) is 9.35. The number of esters is 1. The minimum atomic E-state index is -0.692. The smallest absolute Gasteiger partial charge is 0.338 e. The molecule has 0 spiro atoms. The molecule has 0 radical (unpaired) electrons. The summed E-state index contributed by atoms with van der Waals surface area (Å²) >= 11 is 0. The van der Waals surface area contributed by atoms with Gasteiger partial charge in [-0.2, -0.15) is 0 Å². The molecule has 0 atom stereocenters. The molecule has 0 amide bonds. The van der Waals surface area contributed by atoms with Gasteiger partial charge in [0, 0.05) is 0 Å². The average molecular weight is 263 g/mol. The van der Waals surface area contributed by atoms with Gasteiger partial charge >= 0.3 is 5.97 Å². The fraction of sp³-hybridized carbons (Fsp3) is 0.0714. The van der Waals surface area contributed by atoms with Crippen molar-refractivity contribution in [3.63, 3.8) is 0 Å². The Bertz CT molecular complexity index is 614. The third kappa shape index (κ3) is 3.28. The molecule has 3 nitrogen and oxygen atoms in total. The summed E-state index contributed by atoms with van der Waals surface area (Å²) in [4.78, 5) is 11.6. The number of ether oxygens (including phenoxy) is 1. The topological polar surface area (TPSA) is 52.3 Å². The monoisotopic (exact) mass is 263 g/mol. The van der Waals surface area contributed by atoms with E-state index < -0.39 is 17.6 Å². The van der Waals surface area contributed by atoms with E-state index in [0.29, 0.717) is 5.56 Å². The lowest BCUT2D eigenvalue weighted by Crippen LogP contribution is -2.06. The number of carbonyl (C=O) groups excluding carboxylic acids is 1. The predicted molar refractivity (Wildman–Crippen MR) is 66.3 cm³/mol. The average Bonchev–Trinajstić information content (AvgIpc) is 2.39. The van der Waals surface area contributed by atoms with E-state index >= 15 is 0 Å². The number of halogens is 2. The number of hydrogen-bond acceptors (Lipinski definition) is 3. The Kier molecular flexibility index (Phi) is 3.75. The molecule has 19 heavy (non-hydrogen) atoms. The molecule has 5 heteroatoms. The van der Waals surface area contributed by atoms with Crippen LogP contribution in [0, 0.1) is 11.6 Å². The van der Waals surface area contributed by atoms with Crippen molar-refractivity contribution in [1.29, 1.82) is 0 Å². The van der Waals surface area contributed by atoms with Crippen molar-refractivity contribution in [2.45, 2.75) is 6.61 Å². The molecule has 0 aliphatic rings. The Balaban J connectivity index is 2.03. The molecule has 0 aliphatic carbocycles. The third-order valence-corrected chi connectivity index (χ3v) is 2.50. The lowest BCUT2D eigenvalue weighted by Gasteiger charge is -2.06. The molecule has 0 unspecified atom stereocenters. The molecule has 0 fully saturated rings. The van der Waals surface area contributed by atoms with E-state index in [9.17, 15) is 13.6 Å². The molecule has 2 aromatic rings. The first-order valence-electron chi connectivity index (χ1n) is 5.53. The summed E-state index contributed by atoms with van der Waals surface area (Å²) in [7, 11) is 0. The summed E-state index contributed by atoms with van der Waals surface area (Å²) in [6.45, 7) is -0.0808. The van der Waals surface area contributed by atoms with Crippen LogP contribution < -0.4 is 5.73 Å². The highest BCUT2D eigenvalue weighted by Gasteiger charge is 2.10.